The van der Waals surface area contributed by atoms with E-state index in [-0.39, 0.29) is 11.6 Å². The summed E-state index contributed by atoms with van der Waals surface area (Å²) in [5.74, 6) is 0.817. The van der Waals surface area contributed by atoms with E-state index in [1.165, 1.54) is 22.5 Å². The van der Waals surface area contributed by atoms with Crippen LogP contribution in [0.2, 0.25) is 0 Å². The number of rotatable bonds is 7. The molecular formula is C26H22N4O3. The molecule has 0 saturated heterocycles. The van der Waals surface area contributed by atoms with Crippen LogP contribution >= 0.6 is 0 Å². The number of hydrogen-bond acceptors (Lipinski definition) is 6. The van der Waals surface area contributed by atoms with Gasteiger partial charge in [-0.05, 0) is 41.0 Å². The Hall–Kier alpha value is -4.39. The van der Waals surface area contributed by atoms with Crippen molar-refractivity contribution in [2.24, 2.45) is 0 Å². The summed E-state index contributed by atoms with van der Waals surface area (Å²) >= 11 is 0. The number of amides is 1. The summed E-state index contributed by atoms with van der Waals surface area (Å²) in [6.45, 7) is 0.702. The molecule has 0 fully saturated rings. The number of nitrogens with one attached hydrogen (secondary N) is 2. The largest absolute Gasteiger partial charge is 0.457 e. The van der Waals surface area contributed by atoms with Crippen molar-refractivity contribution >= 4 is 33.8 Å². The van der Waals surface area contributed by atoms with Crippen molar-refractivity contribution in [3.05, 3.63) is 90.3 Å². The van der Waals surface area contributed by atoms with Crippen LogP contribution in [0.25, 0.3) is 21.9 Å². The molecule has 0 aliphatic carbocycles. The quantitative estimate of drug-likeness (QED) is 0.364. The number of ether oxygens (including phenoxy) is 1. The number of nitrogens with zero attached hydrogens (tertiary/aromatic N) is 2. The highest BCUT2D eigenvalue weighted by molar-refractivity contribution is 5.92. The summed E-state index contributed by atoms with van der Waals surface area (Å²) in [5.41, 5.74) is 2.88. The van der Waals surface area contributed by atoms with Crippen LogP contribution in [0.3, 0.4) is 0 Å². The number of carbonyl (C=O) groups is 1. The fraction of sp³-hybridized carbons (Fsp3) is 0.115. The standard InChI is InChI=1S/C26H22N4O3/c1-27-25(31)23-15-21(11-13-28-23)32-20-8-9-22-24(16-20)33-26(30-22)29-12-10-17-6-7-18-4-2-3-5-19(18)14-17/h2-9,11,13-16H,10,12H2,1H3,(H,27,31)(H,29,30). The normalized spacial score (nSPS) is 10.9. The second kappa shape index (κ2) is 9.00. The van der Waals surface area contributed by atoms with Crippen LogP contribution in [0, 0.1) is 0 Å². The van der Waals surface area contributed by atoms with E-state index in [2.05, 4.69) is 57.0 Å². The van der Waals surface area contributed by atoms with E-state index in [0.717, 1.165) is 11.9 Å². The minimum atomic E-state index is -0.273. The lowest BCUT2D eigenvalue weighted by Crippen LogP contribution is -2.18. The van der Waals surface area contributed by atoms with Gasteiger partial charge in [0.05, 0.1) is 0 Å². The molecule has 0 saturated carbocycles. The van der Waals surface area contributed by atoms with Crippen molar-refractivity contribution in [3.63, 3.8) is 0 Å². The lowest BCUT2D eigenvalue weighted by molar-refractivity contribution is 0.0958. The van der Waals surface area contributed by atoms with Crippen molar-refractivity contribution in [1.29, 1.82) is 0 Å². The maximum Gasteiger partial charge on any atom is 0.295 e. The molecule has 3 aromatic carbocycles. The highest BCUT2D eigenvalue weighted by Crippen LogP contribution is 2.27. The Morgan fingerprint density at radius 3 is 2.70 bits per heavy atom. The summed E-state index contributed by atoms with van der Waals surface area (Å²) in [4.78, 5) is 20.3. The molecule has 7 heteroatoms. The third kappa shape index (κ3) is 4.62. The molecule has 0 atom stereocenters. The molecule has 0 aliphatic rings. The maximum atomic E-state index is 11.8. The minimum absolute atomic E-state index is 0.273. The molecule has 1 amide bonds. The summed E-state index contributed by atoms with van der Waals surface area (Å²) in [7, 11) is 1.56. The highest BCUT2D eigenvalue weighted by Gasteiger charge is 2.10. The maximum absolute atomic E-state index is 11.8. The molecule has 0 bridgehead atoms. The van der Waals surface area contributed by atoms with Crippen LogP contribution in [0.15, 0.2) is 83.4 Å². The number of oxazole rings is 1. The third-order valence-corrected chi connectivity index (χ3v) is 5.29. The van der Waals surface area contributed by atoms with Gasteiger partial charge in [-0.3, -0.25) is 9.78 Å². The van der Waals surface area contributed by atoms with Gasteiger partial charge in [0, 0.05) is 31.9 Å². The molecule has 5 aromatic rings. The zero-order valence-electron chi connectivity index (χ0n) is 18.0. The van der Waals surface area contributed by atoms with Crippen LogP contribution in [-0.2, 0) is 6.42 Å². The zero-order valence-corrected chi connectivity index (χ0v) is 18.0. The molecule has 5 rings (SSSR count). The first kappa shape index (κ1) is 20.5. The first-order valence-corrected chi connectivity index (χ1v) is 10.7. The van der Waals surface area contributed by atoms with Crippen molar-refractivity contribution < 1.29 is 13.9 Å². The summed E-state index contributed by atoms with van der Waals surface area (Å²) in [5, 5.41) is 8.28. The molecule has 164 valence electrons. The van der Waals surface area contributed by atoms with Gasteiger partial charge in [0.25, 0.3) is 11.9 Å². The van der Waals surface area contributed by atoms with Gasteiger partial charge in [-0.2, -0.15) is 4.98 Å². The zero-order chi connectivity index (χ0) is 22.6. The van der Waals surface area contributed by atoms with E-state index in [4.69, 9.17) is 9.15 Å². The van der Waals surface area contributed by atoms with Crippen LogP contribution in [0.1, 0.15) is 16.1 Å². The number of aromatic nitrogens is 2. The molecule has 0 aliphatic heterocycles. The Kier molecular flexibility index (Phi) is 5.59. The van der Waals surface area contributed by atoms with Gasteiger partial charge >= 0.3 is 0 Å². The predicted octanol–water partition coefficient (Wildman–Crippen LogP) is 5.18. The Morgan fingerprint density at radius 2 is 1.82 bits per heavy atom. The average molecular weight is 438 g/mol. The monoisotopic (exact) mass is 438 g/mol. The van der Waals surface area contributed by atoms with E-state index < -0.39 is 0 Å². The van der Waals surface area contributed by atoms with Crippen LogP contribution in [0.5, 0.6) is 11.5 Å². The number of benzene rings is 3. The Bertz CT molecular complexity index is 1440. The second-order valence-electron chi connectivity index (χ2n) is 7.56. The fourth-order valence-electron chi connectivity index (χ4n) is 3.62. The van der Waals surface area contributed by atoms with Crippen LogP contribution < -0.4 is 15.4 Å². The van der Waals surface area contributed by atoms with E-state index in [0.29, 0.717) is 29.6 Å². The number of carbonyl (C=O) groups excluding carboxylic acids is 1. The first-order valence-electron chi connectivity index (χ1n) is 10.7. The van der Waals surface area contributed by atoms with Gasteiger partial charge in [0.1, 0.15) is 22.7 Å². The Balaban J connectivity index is 1.24. The van der Waals surface area contributed by atoms with Crippen molar-refractivity contribution in [2.45, 2.75) is 6.42 Å². The second-order valence-corrected chi connectivity index (χ2v) is 7.56. The van der Waals surface area contributed by atoms with E-state index >= 15 is 0 Å². The molecule has 0 radical (unpaired) electrons. The van der Waals surface area contributed by atoms with Gasteiger partial charge in [-0.15, -0.1) is 0 Å². The summed E-state index contributed by atoms with van der Waals surface area (Å²) < 4.78 is 11.7. The van der Waals surface area contributed by atoms with Gasteiger partial charge in [0.2, 0.25) is 0 Å². The molecule has 2 N–H and O–H groups in total. The molecular weight excluding hydrogens is 416 g/mol. The van der Waals surface area contributed by atoms with Gasteiger partial charge in [0.15, 0.2) is 5.58 Å². The molecule has 0 spiro atoms. The summed E-state index contributed by atoms with van der Waals surface area (Å²) in [6.07, 6.45) is 2.39. The van der Waals surface area contributed by atoms with E-state index in [1.54, 1.807) is 25.2 Å². The van der Waals surface area contributed by atoms with Gasteiger partial charge in [-0.25, -0.2) is 0 Å². The summed E-state index contributed by atoms with van der Waals surface area (Å²) in [6, 6.07) is 24.0. The van der Waals surface area contributed by atoms with Crippen LogP contribution in [0.4, 0.5) is 6.01 Å². The fourth-order valence-corrected chi connectivity index (χ4v) is 3.62. The molecule has 2 aromatic heterocycles. The molecule has 0 unspecified atom stereocenters. The molecule has 7 nitrogen and oxygen atoms in total. The topological polar surface area (TPSA) is 89.3 Å². The number of pyridine rings is 1. The van der Waals surface area contributed by atoms with Gasteiger partial charge in [-0.1, -0.05) is 42.5 Å². The minimum Gasteiger partial charge on any atom is -0.457 e. The molecule has 33 heavy (non-hydrogen) atoms. The lowest BCUT2D eigenvalue weighted by atomic mass is 10.1. The number of anilines is 1. The highest BCUT2D eigenvalue weighted by atomic mass is 16.5. The SMILES string of the molecule is CNC(=O)c1cc(Oc2ccc3nc(NCCc4ccc5ccccc5c4)oc3c2)ccn1. The van der Waals surface area contributed by atoms with Crippen molar-refractivity contribution in [1.82, 2.24) is 15.3 Å². The smallest absolute Gasteiger partial charge is 0.295 e. The van der Waals surface area contributed by atoms with Gasteiger partial charge < -0.3 is 19.8 Å². The lowest BCUT2D eigenvalue weighted by Gasteiger charge is -2.06. The Morgan fingerprint density at radius 1 is 0.970 bits per heavy atom. The average Bonchev–Trinajstić information content (AvgIpc) is 3.25. The number of hydrogen-bond donors (Lipinski definition) is 2. The third-order valence-electron chi connectivity index (χ3n) is 5.29. The van der Waals surface area contributed by atoms with E-state index in [9.17, 15) is 4.79 Å². The Labute approximate surface area is 190 Å². The number of fused-ring (bicyclic) bond motifs is 2. The van der Waals surface area contributed by atoms with E-state index in [1.807, 2.05) is 18.2 Å². The predicted molar refractivity (Wildman–Crippen MR) is 128 cm³/mol. The first-order chi connectivity index (χ1) is 16.2. The van der Waals surface area contributed by atoms with Crippen LogP contribution in [-0.4, -0.2) is 29.5 Å². The van der Waals surface area contributed by atoms with Crippen molar-refractivity contribution in [3.8, 4) is 11.5 Å². The molecule has 2 heterocycles. The van der Waals surface area contributed by atoms with Crippen molar-refractivity contribution in [2.75, 3.05) is 18.9 Å².